The molecule has 0 bridgehead atoms. The van der Waals surface area contributed by atoms with Gasteiger partial charge in [-0.2, -0.15) is 8.42 Å². The summed E-state index contributed by atoms with van der Waals surface area (Å²) in [4.78, 5) is 11.0. The molecule has 100 valence electrons. The van der Waals surface area contributed by atoms with Gasteiger partial charge in [0.25, 0.3) is 0 Å². The maximum Gasteiger partial charge on any atom is 0.422 e. The minimum absolute atomic E-state index is 0.0781. The largest absolute Gasteiger partial charge is 0.449 e. The van der Waals surface area contributed by atoms with Gasteiger partial charge in [-0.3, -0.25) is 4.72 Å². The first-order chi connectivity index (χ1) is 8.34. The molecule has 1 rings (SSSR count). The number of anilines is 2. The molecule has 0 saturated heterocycles. The van der Waals surface area contributed by atoms with Gasteiger partial charge in [-0.25, -0.2) is 9.52 Å². The van der Waals surface area contributed by atoms with Crippen molar-refractivity contribution in [1.29, 1.82) is 0 Å². The van der Waals surface area contributed by atoms with Crippen LogP contribution in [-0.4, -0.2) is 21.1 Å². The van der Waals surface area contributed by atoms with Gasteiger partial charge in [-0.05, 0) is 41.1 Å². The van der Waals surface area contributed by atoms with Gasteiger partial charge in [-0.1, -0.05) is 0 Å². The van der Waals surface area contributed by atoms with E-state index in [2.05, 4.69) is 25.4 Å². The highest BCUT2D eigenvalue weighted by atomic mass is 79.9. The summed E-state index contributed by atoms with van der Waals surface area (Å²) < 4.78 is 31.9. The molecule has 0 radical (unpaired) electrons. The molecule has 0 fully saturated rings. The van der Waals surface area contributed by atoms with Crippen molar-refractivity contribution >= 4 is 43.6 Å². The summed E-state index contributed by atoms with van der Waals surface area (Å²) >= 11 is 3.16. The molecule has 9 heteroatoms. The monoisotopic (exact) mass is 337 g/mol. The number of nitrogens with one attached hydrogen (secondary N) is 2. The average Bonchev–Trinajstić information content (AvgIpc) is 2.22. The van der Waals surface area contributed by atoms with E-state index in [1.165, 1.54) is 18.2 Å². The van der Waals surface area contributed by atoms with Crippen LogP contribution in [0.15, 0.2) is 22.7 Å². The van der Waals surface area contributed by atoms with Gasteiger partial charge in [0, 0.05) is 10.2 Å². The first-order valence-corrected chi connectivity index (χ1v) is 7.14. The molecule has 7 nitrogen and oxygen atoms in total. The van der Waals surface area contributed by atoms with Crippen molar-refractivity contribution in [1.82, 2.24) is 4.72 Å². The fraction of sp³-hybridized carbons (Fsp3) is 0.222. The normalized spacial score (nSPS) is 10.8. The number of rotatable bonds is 4. The van der Waals surface area contributed by atoms with Crippen molar-refractivity contribution < 1.29 is 17.9 Å². The second kappa shape index (κ2) is 5.91. The van der Waals surface area contributed by atoms with Crippen LogP contribution in [0.25, 0.3) is 0 Å². The fourth-order valence-corrected chi connectivity index (χ4v) is 2.19. The minimum atomic E-state index is -4.02. The molecule has 4 N–H and O–H groups in total. The van der Waals surface area contributed by atoms with E-state index in [-0.39, 0.29) is 12.3 Å². The van der Waals surface area contributed by atoms with Crippen molar-refractivity contribution in [2.24, 2.45) is 0 Å². The van der Waals surface area contributed by atoms with Crippen LogP contribution in [0, 0.1) is 0 Å². The summed E-state index contributed by atoms with van der Waals surface area (Å²) in [6, 6.07) is 4.45. The Hall–Kier alpha value is -1.48. The summed E-state index contributed by atoms with van der Waals surface area (Å²) in [6.45, 7) is 1.64. The summed E-state index contributed by atoms with van der Waals surface area (Å²) in [6.07, 6.45) is -1.04. The zero-order valence-corrected chi connectivity index (χ0v) is 11.8. The van der Waals surface area contributed by atoms with Gasteiger partial charge >= 0.3 is 16.3 Å². The molecule has 0 unspecified atom stereocenters. The zero-order chi connectivity index (χ0) is 13.8. The van der Waals surface area contributed by atoms with Gasteiger partial charge in [0.15, 0.2) is 0 Å². The number of carbonyl (C=O) groups excluding carboxylic acids is 1. The third kappa shape index (κ3) is 4.41. The van der Waals surface area contributed by atoms with E-state index in [9.17, 15) is 13.2 Å². The molecule has 0 saturated carbocycles. The molecule has 0 aliphatic heterocycles. The highest BCUT2D eigenvalue weighted by Gasteiger charge is 2.15. The molecular weight excluding hydrogens is 326 g/mol. The lowest BCUT2D eigenvalue weighted by Crippen LogP contribution is -2.35. The Balaban J connectivity index is 2.76. The van der Waals surface area contributed by atoms with Gasteiger partial charge in [-0.15, -0.1) is 0 Å². The smallest absolute Gasteiger partial charge is 0.422 e. The van der Waals surface area contributed by atoms with Crippen molar-refractivity contribution in [2.45, 2.75) is 6.92 Å². The molecule has 0 aromatic heterocycles. The van der Waals surface area contributed by atoms with Crippen molar-refractivity contribution in [3.63, 3.8) is 0 Å². The Morgan fingerprint density at radius 2 is 2.17 bits per heavy atom. The number of halogens is 1. The third-order valence-corrected chi connectivity index (χ3v) is 3.37. The molecular formula is C9H12BrN3O4S. The van der Waals surface area contributed by atoms with Gasteiger partial charge in [0.05, 0.1) is 12.3 Å². The summed E-state index contributed by atoms with van der Waals surface area (Å²) in [5.41, 5.74) is 6.28. The van der Waals surface area contributed by atoms with E-state index in [0.717, 1.165) is 0 Å². The number of ether oxygens (including phenoxy) is 1. The zero-order valence-electron chi connectivity index (χ0n) is 9.44. The number of benzene rings is 1. The predicted octanol–water partition coefficient (Wildman–Crippen LogP) is 1.43. The van der Waals surface area contributed by atoms with Crippen LogP contribution in [0.2, 0.25) is 0 Å². The fourth-order valence-electron chi connectivity index (χ4n) is 1.04. The third-order valence-electron chi connectivity index (χ3n) is 1.75. The van der Waals surface area contributed by atoms with E-state index >= 15 is 0 Å². The van der Waals surface area contributed by atoms with E-state index in [1.54, 1.807) is 11.6 Å². The van der Waals surface area contributed by atoms with Gasteiger partial charge in [0.2, 0.25) is 0 Å². The predicted molar refractivity (Wildman–Crippen MR) is 71.3 cm³/mol. The molecule has 18 heavy (non-hydrogen) atoms. The molecule has 1 amide bonds. The second-order valence-electron chi connectivity index (χ2n) is 3.16. The Labute approximate surface area is 113 Å². The van der Waals surface area contributed by atoms with E-state index < -0.39 is 16.3 Å². The van der Waals surface area contributed by atoms with E-state index in [1.807, 2.05) is 0 Å². The standard InChI is InChI=1S/C9H12BrN3O4S/c1-2-17-9(14)13-18(15,16)12-6-3-4-8(11)7(10)5-6/h3-5,12H,2,11H2,1H3,(H,13,14). The SMILES string of the molecule is CCOC(=O)NS(=O)(=O)Nc1ccc(N)c(Br)c1. The van der Waals surface area contributed by atoms with Crippen LogP contribution >= 0.6 is 15.9 Å². The molecule has 1 aromatic rings. The lowest BCUT2D eigenvalue weighted by molar-refractivity contribution is 0.159. The van der Waals surface area contributed by atoms with E-state index in [4.69, 9.17) is 5.73 Å². The van der Waals surface area contributed by atoms with Gasteiger partial charge in [0.1, 0.15) is 0 Å². The minimum Gasteiger partial charge on any atom is -0.449 e. The number of carbonyl (C=O) groups is 1. The maximum atomic E-state index is 11.5. The van der Waals surface area contributed by atoms with Crippen LogP contribution in [0.5, 0.6) is 0 Å². The quantitative estimate of drug-likeness (QED) is 0.720. The van der Waals surface area contributed by atoms with Crippen LogP contribution < -0.4 is 15.2 Å². The Kier molecular flexibility index (Phi) is 4.79. The highest BCUT2D eigenvalue weighted by Crippen LogP contribution is 2.23. The Bertz CT molecular complexity index is 547. The number of hydrogen-bond donors (Lipinski definition) is 3. The average molecular weight is 338 g/mol. The number of nitrogen functional groups attached to an aromatic ring is 1. The second-order valence-corrected chi connectivity index (χ2v) is 5.43. The maximum absolute atomic E-state index is 11.5. The Morgan fingerprint density at radius 3 is 2.72 bits per heavy atom. The topological polar surface area (TPSA) is 111 Å². The highest BCUT2D eigenvalue weighted by molar-refractivity contribution is 9.10. The van der Waals surface area contributed by atoms with Crippen molar-refractivity contribution in [3.05, 3.63) is 22.7 Å². The van der Waals surface area contributed by atoms with Crippen molar-refractivity contribution in [2.75, 3.05) is 17.1 Å². The molecule has 0 heterocycles. The molecule has 0 spiro atoms. The van der Waals surface area contributed by atoms with Crippen LogP contribution in [0.1, 0.15) is 6.92 Å². The molecule has 0 atom stereocenters. The number of hydrogen-bond acceptors (Lipinski definition) is 5. The molecule has 0 aliphatic carbocycles. The number of amides is 1. The van der Waals surface area contributed by atoms with E-state index in [0.29, 0.717) is 10.2 Å². The molecule has 1 aromatic carbocycles. The lowest BCUT2D eigenvalue weighted by atomic mass is 10.3. The van der Waals surface area contributed by atoms with Crippen LogP contribution in [0.3, 0.4) is 0 Å². The van der Waals surface area contributed by atoms with Crippen molar-refractivity contribution in [3.8, 4) is 0 Å². The number of nitrogens with two attached hydrogens (primary N) is 1. The summed E-state index contributed by atoms with van der Waals surface area (Å²) in [5, 5.41) is 0. The first-order valence-electron chi connectivity index (χ1n) is 4.86. The van der Waals surface area contributed by atoms with Crippen LogP contribution in [-0.2, 0) is 14.9 Å². The first kappa shape index (κ1) is 14.6. The lowest BCUT2D eigenvalue weighted by Gasteiger charge is -2.09. The summed E-state index contributed by atoms with van der Waals surface area (Å²) in [5.74, 6) is 0. The molecule has 0 aliphatic rings. The van der Waals surface area contributed by atoms with Gasteiger partial charge < -0.3 is 10.5 Å². The summed E-state index contributed by atoms with van der Waals surface area (Å²) in [7, 11) is -4.02. The van der Waals surface area contributed by atoms with Crippen LogP contribution in [0.4, 0.5) is 16.2 Å². The Morgan fingerprint density at radius 1 is 1.50 bits per heavy atom.